The first-order chi connectivity index (χ1) is 12.4. The SMILES string of the molecule is CC(=O)P(=O)([O-])[O-].COC(=O)P(=O)(OC)OC.COC(=O)P(=O)([O-])[O-].[2H]CF.[Na+].[Na+].[Na+].[Na+]. The summed E-state index contributed by atoms with van der Waals surface area (Å²) in [5, 5.41) is 0. The van der Waals surface area contributed by atoms with E-state index in [1.807, 2.05) is 0 Å². The van der Waals surface area contributed by atoms with Crippen LogP contribution in [0.3, 0.4) is 0 Å². The third kappa shape index (κ3) is 33.0. The van der Waals surface area contributed by atoms with Gasteiger partial charge >= 0.3 is 137 Å². The molecule has 31 heavy (non-hydrogen) atoms. The maximum Gasteiger partial charge on any atom is 1.00 e. The molecular formula is C9H18FNa4O14P3. The number of rotatable bonds is 5. The Morgan fingerprint density at radius 2 is 0.968 bits per heavy atom. The van der Waals surface area contributed by atoms with Crippen molar-refractivity contribution >= 4 is 39.7 Å². The fourth-order valence-corrected chi connectivity index (χ4v) is 1.34. The number of hydrogen-bond donors (Lipinski definition) is 0. The summed E-state index contributed by atoms with van der Waals surface area (Å²) in [4.78, 5) is 67.9. The fraction of sp³-hybridized carbons (Fsp3) is 0.667. The summed E-state index contributed by atoms with van der Waals surface area (Å²) in [6.45, 7) is 0.723. The minimum atomic E-state index is -5.12. The third-order valence-electron chi connectivity index (χ3n) is 1.66. The monoisotopic (exact) mass is 555 g/mol. The smallest absolute Gasteiger partial charge is 0.805 e. The summed E-state index contributed by atoms with van der Waals surface area (Å²) in [7, 11) is -10.5. The normalized spacial score (nSPS) is 9.55. The molecule has 0 spiro atoms. The van der Waals surface area contributed by atoms with Crippen LogP contribution in [0.1, 0.15) is 8.29 Å². The third-order valence-corrected chi connectivity index (χ3v) is 4.66. The van der Waals surface area contributed by atoms with Crippen LogP contribution >= 0.6 is 22.8 Å². The Balaban J connectivity index is -0.0000000404. The van der Waals surface area contributed by atoms with E-state index in [2.05, 4.69) is 18.5 Å². The van der Waals surface area contributed by atoms with Crippen molar-refractivity contribution in [2.24, 2.45) is 0 Å². The zero-order valence-electron chi connectivity index (χ0n) is 19.6. The van der Waals surface area contributed by atoms with Gasteiger partial charge in [0.1, 0.15) is 0 Å². The van der Waals surface area contributed by atoms with Gasteiger partial charge in [0.2, 0.25) is 0 Å². The predicted molar refractivity (Wildman–Crippen MR) is 79.4 cm³/mol. The summed E-state index contributed by atoms with van der Waals surface area (Å²) in [6, 6.07) is 0. The second-order valence-corrected chi connectivity index (χ2v) is 8.39. The van der Waals surface area contributed by atoms with Gasteiger partial charge in [0.15, 0.2) is 5.52 Å². The Morgan fingerprint density at radius 3 is 1.00 bits per heavy atom. The fourth-order valence-electron chi connectivity index (χ4n) is 0.447. The largest absolute Gasteiger partial charge is 1.00 e. The molecule has 0 bridgehead atoms. The molecule has 0 aromatic carbocycles. The average molecular weight is 555 g/mol. The Labute approximate surface area is 268 Å². The van der Waals surface area contributed by atoms with E-state index in [0.717, 1.165) is 35.4 Å². The molecule has 0 aliphatic rings. The Hall–Kier alpha value is 2.99. The molecule has 0 rings (SSSR count). The van der Waals surface area contributed by atoms with Gasteiger partial charge in [0.05, 0.1) is 22.7 Å². The molecule has 0 amide bonds. The van der Waals surface area contributed by atoms with Crippen molar-refractivity contribution in [3.8, 4) is 0 Å². The van der Waals surface area contributed by atoms with Crippen LogP contribution in [0.15, 0.2) is 0 Å². The number of methoxy groups -OCH3 is 2. The Morgan fingerprint density at radius 1 is 0.742 bits per heavy atom. The van der Waals surface area contributed by atoms with Crippen molar-refractivity contribution in [3.63, 3.8) is 0 Å². The molecule has 0 unspecified atom stereocenters. The molecule has 164 valence electrons. The summed E-state index contributed by atoms with van der Waals surface area (Å²) in [5.41, 5.74) is -4.03. The van der Waals surface area contributed by atoms with E-state index >= 15 is 0 Å². The minimum Gasteiger partial charge on any atom is -0.805 e. The number of hydrogen-bond acceptors (Lipinski definition) is 14. The zero-order valence-corrected chi connectivity index (χ0v) is 29.3. The van der Waals surface area contributed by atoms with E-state index in [-0.39, 0.29) is 118 Å². The molecule has 0 N–H and O–H groups in total. The second-order valence-electron chi connectivity index (χ2n) is 3.32. The number of alkyl halides is 1. The average Bonchev–Trinajstić information content (AvgIpc) is 2.59. The van der Waals surface area contributed by atoms with Crippen LogP contribution in [0.2, 0.25) is 0 Å². The molecule has 0 aromatic heterocycles. The van der Waals surface area contributed by atoms with Gasteiger partial charge in [0.25, 0.3) is 0 Å². The van der Waals surface area contributed by atoms with Crippen molar-refractivity contribution in [2.75, 3.05) is 35.6 Å². The van der Waals surface area contributed by atoms with Crippen LogP contribution < -0.4 is 138 Å². The summed E-state index contributed by atoms with van der Waals surface area (Å²) in [5.74, 6) is 0. The van der Waals surface area contributed by atoms with Gasteiger partial charge < -0.3 is 47.2 Å². The molecular weight excluding hydrogens is 536 g/mol. The van der Waals surface area contributed by atoms with Gasteiger partial charge in [-0.1, -0.05) is 0 Å². The van der Waals surface area contributed by atoms with Crippen molar-refractivity contribution < 1.29 is 190 Å². The van der Waals surface area contributed by atoms with Gasteiger partial charge in [-0.25, -0.2) is 14.2 Å². The number of carbonyl (C=O) groups excluding carboxylic acids is 3. The molecule has 0 aliphatic heterocycles. The first-order valence-corrected chi connectivity index (χ1v) is 10.4. The Bertz CT molecular complexity index is 623. The summed E-state index contributed by atoms with van der Waals surface area (Å²) in [6.07, 6.45) is 0. The van der Waals surface area contributed by atoms with Crippen LogP contribution in [0, 0.1) is 0 Å². The van der Waals surface area contributed by atoms with Crippen LogP contribution in [0.5, 0.6) is 0 Å². The molecule has 0 saturated heterocycles. The van der Waals surface area contributed by atoms with Crippen LogP contribution in [-0.2, 0) is 37.0 Å². The topological polar surface area (TPSA) is 232 Å². The molecule has 0 fully saturated rings. The Kier molecular flexibility index (Phi) is 47.9. The van der Waals surface area contributed by atoms with Crippen LogP contribution in [0.25, 0.3) is 0 Å². The van der Waals surface area contributed by atoms with Gasteiger partial charge in [-0.15, -0.1) is 0 Å². The van der Waals surface area contributed by atoms with Gasteiger partial charge in [-0.2, -0.15) is 0 Å². The van der Waals surface area contributed by atoms with Gasteiger partial charge in [-0.05, 0) is 6.92 Å². The van der Waals surface area contributed by atoms with Gasteiger partial charge in [0, 0.05) is 29.4 Å². The van der Waals surface area contributed by atoms with Crippen molar-refractivity contribution in [3.05, 3.63) is 0 Å². The van der Waals surface area contributed by atoms with Crippen LogP contribution in [0.4, 0.5) is 14.0 Å². The molecule has 0 aromatic rings. The van der Waals surface area contributed by atoms with E-state index in [0.29, 0.717) is 0 Å². The first-order valence-electron chi connectivity index (χ1n) is 6.44. The summed E-state index contributed by atoms with van der Waals surface area (Å²) < 4.78 is 61.8. The van der Waals surface area contributed by atoms with Crippen molar-refractivity contribution in [1.82, 2.24) is 0 Å². The first kappa shape index (κ1) is 50.8. The molecule has 0 atom stereocenters. The molecule has 0 radical (unpaired) electrons. The quantitative estimate of drug-likeness (QED) is 0.227. The van der Waals surface area contributed by atoms with Crippen molar-refractivity contribution in [1.29, 1.82) is 0 Å². The van der Waals surface area contributed by atoms with E-state index in [9.17, 15) is 52.0 Å². The maximum atomic E-state index is 11.0. The molecule has 22 heteroatoms. The number of carbonyl (C=O) groups is 3. The van der Waals surface area contributed by atoms with E-state index in [1.54, 1.807) is 0 Å². The molecule has 14 nitrogen and oxygen atoms in total. The standard InChI is InChI=1S/C4H9O5P.C2H5O5P.C2H5O4P.CH3F.4Na/c1-7-4(5)10(6,8-2)9-3;1-7-2(3)8(4,5)6;1-2(3)7(4,5)6;1-2;;;;/h1-3H3;1H3,(H2,4,5,6);1H3,(H2,4,5,6);1H3;;;;/q;;;;4*+1/p-4/i;;;1D;;;;. The maximum absolute atomic E-state index is 11.0. The molecule has 0 saturated carbocycles. The van der Waals surface area contributed by atoms with Gasteiger partial charge in [-0.3, -0.25) is 9.18 Å². The van der Waals surface area contributed by atoms with Crippen molar-refractivity contribution in [2.45, 2.75) is 6.92 Å². The van der Waals surface area contributed by atoms with E-state index < -0.39 is 46.9 Å². The second kappa shape index (κ2) is 29.2. The van der Waals surface area contributed by atoms with E-state index in [1.165, 1.54) is 0 Å². The molecule has 0 heterocycles. The molecule has 0 aliphatic carbocycles. The van der Waals surface area contributed by atoms with Crippen LogP contribution in [-0.4, -0.2) is 52.5 Å². The zero-order chi connectivity index (χ0) is 23.8. The number of ether oxygens (including phenoxy) is 2. The minimum absolute atomic E-state index is 0. The predicted octanol–water partition coefficient (Wildman–Crippen LogP) is -13.0. The summed E-state index contributed by atoms with van der Waals surface area (Å²) >= 11 is 0. The number of halogens is 1. The van der Waals surface area contributed by atoms with E-state index in [4.69, 9.17) is 1.37 Å².